The van der Waals surface area contributed by atoms with Crippen LogP contribution >= 0.6 is 0 Å². The fourth-order valence-corrected chi connectivity index (χ4v) is 2.63. The molecule has 3 rings (SSSR count). The van der Waals surface area contributed by atoms with Gasteiger partial charge in [0.05, 0.1) is 11.0 Å². The second-order valence-corrected chi connectivity index (χ2v) is 5.05. The van der Waals surface area contributed by atoms with Gasteiger partial charge in [-0.2, -0.15) is 0 Å². The highest BCUT2D eigenvalue weighted by Gasteiger charge is 2.12. The van der Waals surface area contributed by atoms with Gasteiger partial charge in [0.15, 0.2) is 0 Å². The molecule has 0 atom stereocenters. The van der Waals surface area contributed by atoms with Crippen LogP contribution in [-0.2, 0) is 13.0 Å². The number of halogens is 1. The molecule has 0 aliphatic rings. The van der Waals surface area contributed by atoms with Gasteiger partial charge in [0.2, 0.25) is 0 Å². The fraction of sp³-hybridized carbons (Fsp3) is 0.235. The van der Waals surface area contributed by atoms with E-state index < -0.39 is 0 Å². The summed E-state index contributed by atoms with van der Waals surface area (Å²) in [6.07, 6.45) is 0.871. The van der Waals surface area contributed by atoms with Crippen LogP contribution in [0.2, 0.25) is 0 Å². The van der Waals surface area contributed by atoms with E-state index in [9.17, 15) is 4.39 Å². The summed E-state index contributed by atoms with van der Waals surface area (Å²) < 4.78 is 15.5. The lowest BCUT2D eigenvalue weighted by molar-refractivity contribution is 0.629. The Morgan fingerprint density at radius 2 is 1.90 bits per heavy atom. The van der Waals surface area contributed by atoms with Crippen LogP contribution in [0.5, 0.6) is 0 Å². The lowest BCUT2D eigenvalue weighted by atomic mass is 10.1. The second kappa shape index (κ2) is 5.66. The number of hydrogen-bond acceptors (Lipinski definition) is 2. The number of rotatable bonds is 4. The Morgan fingerprint density at radius 1 is 1.14 bits per heavy atom. The van der Waals surface area contributed by atoms with Crippen molar-refractivity contribution in [1.29, 1.82) is 0 Å². The average molecular weight is 283 g/mol. The van der Waals surface area contributed by atoms with Crippen LogP contribution < -0.4 is 5.73 Å². The lowest BCUT2D eigenvalue weighted by Gasteiger charge is -2.07. The number of fused-ring (bicyclic) bond motifs is 1. The smallest absolute Gasteiger partial charge is 0.141 e. The molecule has 21 heavy (non-hydrogen) atoms. The Morgan fingerprint density at radius 3 is 2.57 bits per heavy atom. The molecule has 0 unspecified atom stereocenters. The van der Waals surface area contributed by atoms with Crippen molar-refractivity contribution >= 4 is 11.0 Å². The van der Waals surface area contributed by atoms with Gasteiger partial charge < -0.3 is 10.3 Å². The largest absolute Gasteiger partial charge is 0.330 e. The van der Waals surface area contributed by atoms with Crippen LogP contribution in [0.1, 0.15) is 12.5 Å². The Labute approximate surface area is 123 Å². The fourth-order valence-electron chi connectivity index (χ4n) is 2.63. The number of hydrogen-bond donors (Lipinski definition) is 1. The van der Waals surface area contributed by atoms with E-state index in [1.54, 1.807) is 6.07 Å². The van der Waals surface area contributed by atoms with Crippen molar-refractivity contribution in [2.75, 3.05) is 6.54 Å². The molecule has 2 aromatic carbocycles. The Kier molecular flexibility index (Phi) is 3.71. The maximum absolute atomic E-state index is 13.4. The van der Waals surface area contributed by atoms with Crippen LogP contribution in [-0.4, -0.2) is 16.1 Å². The molecule has 0 aliphatic heterocycles. The van der Waals surface area contributed by atoms with E-state index in [0.29, 0.717) is 12.1 Å². The van der Waals surface area contributed by atoms with Crippen molar-refractivity contribution in [3.05, 3.63) is 53.8 Å². The number of nitrogens with zero attached hydrogens (tertiary/aromatic N) is 2. The van der Waals surface area contributed by atoms with Gasteiger partial charge in [0.1, 0.15) is 11.6 Å². The normalized spacial score (nSPS) is 11.2. The van der Waals surface area contributed by atoms with Crippen molar-refractivity contribution < 1.29 is 4.39 Å². The van der Waals surface area contributed by atoms with E-state index in [4.69, 9.17) is 5.73 Å². The first-order valence-corrected chi connectivity index (χ1v) is 7.18. The van der Waals surface area contributed by atoms with Crippen LogP contribution in [0, 0.1) is 5.82 Å². The van der Waals surface area contributed by atoms with E-state index in [1.807, 2.05) is 0 Å². The third-order valence-electron chi connectivity index (χ3n) is 3.67. The summed E-state index contributed by atoms with van der Waals surface area (Å²) in [5.41, 5.74) is 9.47. The Bertz CT molecular complexity index is 760. The third-order valence-corrected chi connectivity index (χ3v) is 3.67. The monoisotopic (exact) mass is 283 g/mol. The van der Waals surface area contributed by atoms with Crippen molar-refractivity contribution in [2.24, 2.45) is 5.73 Å². The first-order valence-electron chi connectivity index (χ1n) is 7.18. The number of benzene rings is 2. The van der Waals surface area contributed by atoms with Gasteiger partial charge in [-0.3, -0.25) is 0 Å². The molecule has 3 aromatic rings. The van der Waals surface area contributed by atoms with Crippen molar-refractivity contribution in [3.8, 4) is 11.4 Å². The number of aromatic nitrogens is 2. The zero-order valence-corrected chi connectivity index (χ0v) is 12.0. The van der Waals surface area contributed by atoms with Gasteiger partial charge in [-0.15, -0.1) is 0 Å². The third kappa shape index (κ3) is 2.54. The minimum atomic E-state index is -0.256. The van der Waals surface area contributed by atoms with E-state index in [1.165, 1.54) is 17.7 Å². The predicted octanol–water partition coefficient (Wildman–Crippen LogP) is 3.36. The highest BCUT2D eigenvalue weighted by molar-refractivity contribution is 5.80. The van der Waals surface area contributed by atoms with Crippen LogP contribution in [0.3, 0.4) is 0 Å². The molecule has 108 valence electrons. The molecule has 1 heterocycles. The van der Waals surface area contributed by atoms with Gasteiger partial charge >= 0.3 is 0 Å². The molecule has 0 fully saturated rings. The quantitative estimate of drug-likeness (QED) is 0.798. The maximum Gasteiger partial charge on any atom is 0.141 e. The molecule has 1 aromatic heterocycles. The zero-order valence-electron chi connectivity index (χ0n) is 12.0. The molecule has 0 saturated heterocycles. The average Bonchev–Trinajstić information content (AvgIpc) is 2.85. The molecule has 2 N–H and O–H groups in total. The van der Waals surface area contributed by atoms with E-state index >= 15 is 0 Å². The van der Waals surface area contributed by atoms with Crippen LogP contribution in [0.15, 0.2) is 42.5 Å². The first kappa shape index (κ1) is 13.8. The highest BCUT2D eigenvalue weighted by Crippen LogP contribution is 2.25. The van der Waals surface area contributed by atoms with Gasteiger partial charge in [0.25, 0.3) is 0 Å². The van der Waals surface area contributed by atoms with Gasteiger partial charge in [-0.25, -0.2) is 9.37 Å². The summed E-state index contributed by atoms with van der Waals surface area (Å²) in [6, 6.07) is 13.0. The van der Waals surface area contributed by atoms with Crippen molar-refractivity contribution in [1.82, 2.24) is 9.55 Å². The summed E-state index contributed by atoms with van der Waals surface area (Å²) >= 11 is 0. The maximum atomic E-state index is 13.4. The molecule has 0 amide bonds. The van der Waals surface area contributed by atoms with E-state index in [-0.39, 0.29) is 5.82 Å². The van der Waals surface area contributed by atoms with Gasteiger partial charge in [0, 0.05) is 18.2 Å². The minimum absolute atomic E-state index is 0.256. The summed E-state index contributed by atoms with van der Waals surface area (Å²) in [6.45, 7) is 3.50. The lowest BCUT2D eigenvalue weighted by Crippen LogP contribution is -2.02. The van der Waals surface area contributed by atoms with Crippen molar-refractivity contribution in [3.63, 3.8) is 0 Å². The van der Waals surface area contributed by atoms with Gasteiger partial charge in [-0.05, 0) is 37.6 Å². The molecule has 0 radical (unpaired) electrons. The molecule has 3 nitrogen and oxygen atoms in total. The molecular weight excluding hydrogens is 265 g/mol. The number of aryl methyl sites for hydroxylation is 1. The molecular formula is C17H18FN3. The van der Waals surface area contributed by atoms with E-state index in [2.05, 4.69) is 40.7 Å². The number of imidazole rings is 1. The molecule has 0 aliphatic carbocycles. The number of nitrogens with two attached hydrogens (primary N) is 1. The SMILES string of the molecule is CCn1c(-c2ccc(CCN)cc2)nc2cc(F)ccc21. The van der Waals surface area contributed by atoms with Crippen molar-refractivity contribution in [2.45, 2.75) is 19.9 Å². The molecule has 0 bridgehead atoms. The van der Waals surface area contributed by atoms with Crippen LogP contribution in [0.4, 0.5) is 4.39 Å². The predicted molar refractivity (Wildman–Crippen MR) is 83.6 cm³/mol. The highest BCUT2D eigenvalue weighted by atomic mass is 19.1. The summed E-state index contributed by atoms with van der Waals surface area (Å²) in [5.74, 6) is 0.616. The Balaban J connectivity index is 2.10. The first-order chi connectivity index (χ1) is 10.2. The minimum Gasteiger partial charge on any atom is -0.330 e. The van der Waals surface area contributed by atoms with Gasteiger partial charge in [-0.1, -0.05) is 24.3 Å². The molecule has 4 heteroatoms. The standard InChI is InChI=1S/C17H18FN3/c1-2-21-16-8-7-14(18)11-15(16)20-17(21)13-5-3-12(4-6-13)9-10-19/h3-8,11H,2,9-10,19H2,1H3. The second-order valence-electron chi connectivity index (χ2n) is 5.05. The Hall–Kier alpha value is -2.20. The molecule has 0 saturated carbocycles. The summed E-state index contributed by atoms with van der Waals surface area (Å²) in [7, 11) is 0. The van der Waals surface area contributed by atoms with E-state index in [0.717, 1.165) is 29.9 Å². The zero-order chi connectivity index (χ0) is 14.8. The molecule has 0 spiro atoms. The topological polar surface area (TPSA) is 43.8 Å². The summed E-state index contributed by atoms with van der Waals surface area (Å²) in [4.78, 5) is 4.59. The summed E-state index contributed by atoms with van der Waals surface area (Å²) in [5, 5.41) is 0. The van der Waals surface area contributed by atoms with Crippen LogP contribution in [0.25, 0.3) is 22.4 Å².